The number of nitrogens with two attached hydrogens (primary N) is 1. The summed E-state index contributed by atoms with van der Waals surface area (Å²) in [5.41, 5.74) is 10.8. The van der Waals surface area contributed by atoms with Crippen LogP contribution in [-0.4, -0.2) is 15.1 Å². The lowest BCUT2D eigenvalue weighted by molar-refractivity contribution is 0.476. The van der Waals surface area contributed by atoms with Crippen molar-refractivity contribution in [2.75, 3.05) is 0 Å². The van der Waals surface area contributed by atoms with Crippen molar-refractivity contribution < 1.29 is 5.11 Å². The molecule has 5 N–H and O–H groups in total. The van der Waals surface area contributed by atoms with Crippen LogP contribution in [0.25, 0.3) is 22.3 Å². The molecule has 0 aliphatic carbocycles. The molecule has 1 aromatic carbocycles. The summed E-state index contributed by atoms with van der Waals surface area (Å²) in [5, 5.41) is 10.5. The SMILES string of the molecule is Cc1[nH]c(-c2cc3ccc(O)cc3[nH]2)cc1CN. The van der Waals surface area contributed by atoms with Gasteiger partial charge in [-0.05, 0) is 36.8 Å². The molecule has 0 unspecified atom stereocenters. The van der Waals surface area contributed by atoms with E-state index in [1.165, 1.54) is 0 Å². The van der Waals surface area contributed by atoms with E-state index in [0.717, 1.165) is 33.5 Å². The summed E-state index contributed by atoms with van der Waals surface area (Å²) in [6.45, 7) is 2.55. The van der Waals surface area contributed by atoms with Gasteiger partial charge in [-0.3, -0.25) is 0 Å². The molecule has 0 amide bonds. The van der Waals surface area contributed by atoms with Crippen molar-refractivity contribution >= 4 is 10.9 Å². The number of phenols is 1. The van der Waals surface area contributed by atoms with Gasteiger partial charge in [-0.25, -0.2) is 0 Å². The molecule has 0 radical (unpaired) electrons. The number of H-pyrrole nitrogens is 2. The minimum atomic E-state index is 0.265. The number of aryl methyl sites for hydroxylation is 1. The number of aromatic nitrogens is 2. The molecule has 18 heavy (non-hydrogen) atoms. The summed E-state index contributed by atoms with van der Waals surface area (Å²) in [7, 11) is 0. The molecule has 0 aliphatic rings. The van der Waals surface area contributed by atoms with Gasteiger partial charge in [-0.2, -0.15) is 0 Å². The fourth-order valence-electron chi connectivity index (χ4n) is 2.22. The third kappa shape index (κ3) is 1.67. The van der Waals surface area contributed by atoms with Crippen molar-refractivity contribution in [3.8, 4) is 17.1 Å². The van der Waals surface area contributed by atoms with Crippen molar-refractivity contribution in [3.63, 3.8) is 0 Å². The normalized spacial score (nSPS) is 11.2. The maximum absolute atomic E-state index is 9.45. The molecule has 4 heteroatoms. The zero-order valence-corrected chi connectivity index (χ0v) is 10.1. The van der Waals surface area contributed by atoms with Gasteiger partial charge >= 0.3 is 0 Å². The van der Waals surface area contributed by atoms with Gasteiger partial charge in [0.25, 0.3) is 0 Å². The zero-order chi connectivity index (χ0) is 12.7. The number of phenolic OH excluding ortho intramolecular Hbond substituents is 1. The number of hydrogen-bond acceptors (Lipinski definition) is 2. The highest BCUT2D eigenvalue weighted by atomic mass is 16.3. The van der Waals surface area contributed by atoms with E-state index in [1.807, 2.05) is 13.0 Å². The third-order valence-corrected chi connectivity index (χ3v) is 3.24. The Morgan fingerprint density at radius 1 is 1.11 bits per heavy atom. The van der Waals surface area contributed by atoms with E-state index in [1.54, 1.807) is 12.1 Å². The second kappa shape index (κ2) is 3.92. The number of benzene rings is 1. The van der Waals surface area contributed by atoms with Gasteiger partial charge in [0, 0.05) is 29.2 Å². The summed E-state index contributed by atoms with van der Waals surface area (Å²) < 4.78 is 0. The van der Waals surface area contributed by atoms with Gasteiger partial charge in [0.15, 0.2) is 0 Å². The average molecular weight is 241 g/mol. The average Bonchev–Trinajstić information content (AvgIpc) is 2.91. The number of aromatic amines is 2. The first-order valence-corrected chi connectivity index (χ1v) is 5.88. The number of hydrogen-bond donors (Lipinski definition) is 4. The molecule has 0 bridgehead atoms. The van der Waals surface area contributed by atoms with Crippen LogP contribution in [0, 0.1) is 6.92 Å². The Kier molecular flexibility index (Phi) is 2.38. The molecule has 3 aromatic rings. The summed E-state index contributed by atoms with van der Waals surface area (Å²) in [6.07, 6.45) is 0. The van der Waals surface area contributed by atoms with Gasteiger partial charge in [-0.1, -0.05) is 0 Å². The number of aromatic hydroxyl groups is 1. The monoisotopic (exact) mass is 241 g/mol. The summed E-state index contributed by atoms with van der Waals surface area (Å²) in [4.78, 5) is 6.60. The van der Waals surface area contributed by atoms with Crippen molar-refractivity contribution in [1.29, 1.82) is 0 Å². The minimum absolute atomic E-state index is 0.265. The van der Waals surface area contributed by atoms with Crippen molar-refractivity contribution in [1.82, 2.24) is 9.97 Å². The molecular formula is C14H15N3O. The molecule has 0 spiro atoms. The second-order valence-corrected chi connectivity index (χ2v) is 4.49. The van der Waals surface area contributed by atoms with Crippen molar-refractivity contribution in [2.45, 2.75) is 13.5 Å². The Morgan fingerprint density at radius 2 is 1.89 bits per heavy atom. The first-order valence-electron chi connectivity index (χ1n) is 5.88. The Hall–Kier alpha value is -2.20. The molecule has 0 saturated heterocycles. The third-order valence-electron chi connectivity index (χ3n) is 3.24. The molecule has 3 rings (SSSR count). The molecule has 0 saturated carbocycles. The van der Waals surface area contributed by atoms with E-state index in [2.05, 4.69) is 22.1 Å². The van der Waals surface area contributed by atoms with Gasteiger partial charge in [0.1, 0.15) is 5.75 Å². The molecule has 0 aliphatic heterocycles. The zero-order valence-electron chi connectivity index (χ0n) is 10.1. The quantitative estimate of drug-likeness (QED) is 0.556. The van der Waals surface area contributed by atoms with Crippen LogP contribution in [0.1, 0.15) is 11.3 Å². The van der Waals surface area contributed by atoms with E-state index in [9.17, 15) is 5.11 Å². The Balaban J connectivity index is 2.13. The number of fused-ring (bicyclic) bond motifs is 1. The Morgan fingerprint density at radius 3 is 2.61 bits per heavy atom. The lowest BCUT2D eigenvalue weighted by Gasteiger charge is -1.92. The molecular weight excluding hydrogens is 226 g/mol. The fourth-order valence-corrected chi connectivity index (χ4v) is 2.22. The largest absolute Gasteiger partial charge is 0.508 e. The van der Waals surface area contributed by atoms with Crippen molar-refractivity contribution in [3.05, 3.63) is 41.6 Å². The van der Waals surface area contributed by atoms with Crippen LogP contribution in [0.15, 0.2) is 30.3 Å². The Labute approximate surface area is 104 Å². The molecule has 92 valence electrons. The predicted molar refractivity (Wildman–Crippen MR) is 72.4 cm³/mol. The van der Waals surface area contributed by atoms with E-state index in [4.69, 9.17) is 5.73 Å². The van der Waals surface area contributed by atoms with E-state index >= 15 is 0 Å². The molecule has 0 atom stereocenters. The Bertz CT molecular complexity index is 709. The van der Waals surface area contributed by atoms with Crippen LogP contribution in [-0.2, 0) is 6.54 Å². The summed E-state index contributed by atoms with van der Waals surface area (Å²) in [6, 6.07) is 9.41. The van der Waals surface area contributed by atoms with Gasteiger partial charge in [0.2, 0.25) is 0 Å². The second-order valence-electron chi connectivity index (χ2n) is 4.49. The standard InChI is InChI=1S/C14H15N3O/c1-8-10(7-15)5-13(16-8)14-4-9-2-3-11(18)6-12(9)17-14/h2-6,16-18H,7,15H2,1H3. The predicted octanol–water partition coefficient (Wildman–Crippen LogP) is 2.64. The fraction of sp³-hybridized carbons (Fsp3) is 0.143. The highest BCUT2D eigenvalue weighted by Gasteiger charge is 2.08. The van der Waals surface area contributed by atoms with Crippen LogP contribution in [0.3, 0.4) is 0 Å². The highest BCUT2D eigenvalue weighted by Crippen LogP contribution is 2.27. The molecule has 2 heterocycles. The lowest BCUT2D eigenvalue weighted by atomic mass is 10.2. The van der Waals surface area contributed by atoms with E-state index in [0.29, 0.717) is 6.54 Å². The molecule has 4 nitrogen and oxygen atoms in total. The molecule has 0 fully saturated rings. The first-order chi connectivity index (χ1) is 8.67. The highest BCUT2D eigenvalue weighted by molar-refractivity contribution is 5.86. The van der Waals surface area contributed by atoms with Crippen molar-refractivity contribution in [2.24, 2.45) is 5.73 Å². The summed E-state index contributed by atoms with van der Waals surface area (Å²) >= 11 is 0. The van der Waals surface area contributed by atoms with E-state index in [-0.39, 0.29) is 5.75 Å². The molecule has 2 aromatic heterocycles. The lowest BCUT2D eigenvalue weighted by Crippen LogP contribution is -1.95. The summed E-state index contributed by atoms with van der Waals surface area (Å²) in [5.74, 6) is 0.265. The van der Waals surface area contributed by atoms with Gasteiger partial charge in [-0.15, -0.1) is 0 Å². The van der Waals surface area contributed by atoms with Crippen LogP contribution in [0.2, 0.25) is 0 Å². The minimum Gasteiger partial charge on any atom is -0.508 e. The van der Waals surface area contributed by atoms with Crippen LogP contribution in [0.4, 0.5) is 0 Å². The topological polar surface area (TPSA) is 77.8 Å². The maximum atomic E-state index is 9.45. The smallest absolute Gasteiger partial charge is 0.117 e. The van der Waals surface area contributed by atoms with Crippen LogP contribution < -0.4 is 5.73 Å². The number of rotatable bonds is 2. The number of nitrogens with one attached hydrogen (secondary N) is 2. The maximum Gasteiger partial charge on any atom is 0.117 e. The van der Waals surface area contributed by atoms with Gasteiger partial charge < -0.3 is 20.8 Å². The van der Waals surface area contributed by atoms with E-state index < -0.39 is 0 Å². The first kappa shape index (κ1) is 10.9. The van der Waals surface area contributed by atoms with Crippen LogP contribution in [0.5, 0.6) is 5.75 Å². The van der Waals surface area contributed by atoms with Gasteiger partial charge in [0.05, 0.1) is 11.4 Å². The van der Waals surface area contributed by atoms with Crippen LogP contribution >= 0.6 is 0 Å².